The Kier molecular flexibility index (Phi) is 6.27. The first-order valence-corrected chi connectivity index (χ1v) is 10.0. The zero-order valence-electron chi connectivity index (χ0n) is 14.5. The number of rotatable bonds is 5. The van der Waals surface area contributed by atoms with E-state index in [2.05, 4.69) is 10.3 Å². The molecule has 0 radical (unpaired) electrons. The minimum absolute atomic E-state index is 0.186. The van der Waals surface area contributed by atoms with Crippen molar-refractivity contribution in [2.24, 2.45) is 0 Å². The minimum Gasteiger partial charge on any atom is -0.448 e. The van der Waals surface area contributed by atoms with E-state index in [-0.39, 0.29) is 17.6 Å². The number of ether oxygens (including phenoxy) is 1. The van der Waals surface area contributed by atoms with Gasteiger partial charge in [-0.25, -0.2) is 9.78 Å². The van der Waals surface area contributed by atoms with Crippen LogP contribution in [0.15, 0.2) is 29.6 Å². The molecule has 26 heavy (non-hydrogen) atoms. The fraction of sp³-hybridized carbons (Fsp3) is 0.421. The smallest absolute Gasteiger partial charge is 0.358 e. The third-order valence-electron chi connectivity index (χ3n) is 4.39. The number of carbonyl (C=O) groups is 2. The lowest BCUT2D eigenvalue weighted by atomic mass is 9.95. The highest BCUT2D eigenvalue weighted by atomic mass is 35.5. The van der Waals surface area contributed by atoms with E-state index in [0.29, 0.717) is 10.0 Å². The molecule has 5 nitrogen and oxygen atoms in total. The van der Waals surface area contributed by atoms with Crippen molar-refractivity contribution in [2.75, 3.05) is 0 Å². The molecule has 1 aromatic carbocycles. The maximum atomic E-state index is 12.3. The van der Waals surface area contributed by atoms with E-state index in [4.69, 9.17) is 16.3 Å². The number of nitrogens with one attached hydrogen (secondary N) is 1. The number of carbonyl (C=O) groups excluding carboxylic acids is 2. The van der Waals surface area contributed by atoms with Crippen LogP contribution in [0.25, 0.3) is 10.6 Å². The molecule has 0 unspecified atom stereocenters. The van der Waals surface area contributed by atoms with Crippen LogP contribution in [0.3, 0.4) is 0 Å². The second kappa shape index (κ2) is 8.64. The molecule has 1 atom stereocenters. The van der Waals surface area contributed by atoms with Crippen LogP contribution >= 0.6 is 22.9 Å². The molecule has 1 aromatic heterocycles. The van der Waals surface area contributed by atoms with E-state index >= 15 is 0 Å². The first-order chi connectivity index (χ1) is 12.5. The topological polar surface area (TPSA) is 68.3 Å². The molecule has 1 saturated carbocycles. The fourth-order valence-corrected chi connectivity index (χ4v) is 3.94. The summed E-state index contributed by atoms with van der Waals surface area (Å²) in [5.74, 6) is -0.851. The molecule has 1 fully saturated rings. The number of aromatic nitrogens is 1. The Morgan fingerprint density at radius 3 is 2.81 bits per heavy atom. The number of amides is 1. The van der Waals surface area contributed by atoms with E-state index in [1.54, 1.807) is 24.4 Å². The lowest BCUT2D eigenvalue weighted by Crippen LogP contribution is -2.42. The molecule has 7 heteroatoms. The zero-order chi connectivity index (χ0) is 18.5. The number of nitrogens with zero attached hydrogens (tertiary/aromatic N) is 1. The number of hydrogen-bond donors (Lipinski definition) is 1. The maximum Gasteiger partial charge on any atom is 0.358 e. The molecule has 1 aliphatic rings. The summed E-state index contributed by atoms with van der Waals surface area (Å²) >= 11 is 7.32. The van der Waals surface area contributed by atoms with E-state index in [0.717, 1.165) is 31.2 Å². The molecule has 0 aliphatic heterocycles. The molecular weight excluding hydrogens is 372 g/mol. The third kappa shape index (κ3) is 4.83. The van der Waals surface area contributed by atoms with Crippen LogP contribution in [-0.4, -0.2) is 29.0 Å². The van der Waals surface area contributed by atoms with Crippen molar-refractivity contribution in [1.82, 2.24) is 10.3 Å². The van der Waals surface area contributed by atoms with Crippen LogP contribution in [0.5, 0.6) is 0 Å². The van der Waals surface area contributed by atoms with Crippen molar-refractivity contribution in [1.29, 1.82) is 0 Å². The van der Waals surface area contributed by atoms with Gasteiger partial charge in [-0.1, -0.05) is 43.0 Å². The van der Waals surface area contributed by atoms with Gasteiger partial charge >= 0.3 is 5.97 Å². The largest absolute Gasteiger partial charge is 0.448 e. The molecule has 1 N–H and O–H groups in total. The van der Waals surface area contributed by atoms with Gasteiger partial charge in [0.25, 0.3) is 5.91 Å². The van der Waals surface area contributed by atoms with Gasteiger partial charge in [-0.3, -0.25) is 4.79 Å². The summed E-state index contributed by atoms with van der Waals surface area (Å²) in [6.45, 7) is 1.58. The summed E-state index contributed by atoms with van der Waals surface area (Å²) in [4.78, 5) is 28.8. The van der Waals surface area contributed by atoms with Crippen LogP contribution in [0.4, 0.5) is 0 Å². The maximum absolute atomic E-state index is 12.3. The number of esters is 1. The van der Waals surface area contributed by atoms with E-state index in [1.165, 1.54) is 17.8 Å². The predicted octanol–water partition coefficient (Wildman–Crippen LogP) is 4.46. The number of benzene rings is 1. The lowest BCUT2D eigenvalue weighted by Gasteiger charge is -2.24. The van der Waals surface area contributed by atoms with Gasteiger partial charge < -0.3 is 10.1 Å². The van der Waals surface area contributed by atoms with Gasteiger partial charge in [0.15, 0.2) is 11.8 Å². The summed E-state index contributed by atoms with van der Waals surface area (Å²) in [6.07, 6.45) is 4.60. The first kappa shape index (κ1) is 18.9. The quantitative estimate of drug-likeness (QED) is 0.763. The van der Waals surface area contributed by atoms with Crippen molar-refractivity contribution in [3.63, 3.8) is 0 Å². The molecule has 138 valence electrons. The molecule has 0 bridgehead atoms. The Labute approximate surface area is 161 Å². The van der Waals surface area contributed by atoms with E-state index in [1.807, 2.05) is 12.1 Å². The van der Waals surface area contributed by atoms with Crippen molar-refractivity contribution in [3.8, 4) is 10.6 Å². The van der Waals surface area contributed by atoms with Crippen LogP contribution in [0.2, 0.25) is 5.02 Å². The van der Waals surface area contributed by atoms with Gasteiger partial charge in [0.2, 0.25) is 0 Å². The van der Waals surface area contributed by atoms with Gasteiger partial charge in [-0.15, -0.1) is 11.3 Å². The summed E-state index contributed by atoms with van der Waals surface area (Å²) < 4.78 is 5.28. The molecule has 0 spiro atoms. The highest BCUT2D eigenvalue weighted by Crippen LogP contribution is 2.26. The Bertz CT molecular complexity index is 787. The summed E-state index contributed by atoms with van der Waals surface area (Å²) in [5.41, 5.74) is 1.03. The second-order valence-electron chi connectivity index (χ2n) is 6.44. The fourth-order valence-electron chi connectivity index (χ4n) is 2.96. The monoisotopic (exact) mass is 392 g/mol. The van der Waals surface area contributed by atoms with Crippen molar-refractivity contribution in [3.05, 3.63) is 40.4 Å². The molecule has 1 amide bonds. The minimum atomic E-state index is -0.847. The Hall–Kier alpha value is -1.92. The highest BCUT2D eigenvalue weighted by molar-refractivity contribution is 7.13. The highest BCUT2D eigenvalue weighted by Gasteiger charge is 2.24. The molecule has 0 saturated heterocycles. The molecular formula is C19H21ClN2O3S. The molecule has 1 aliphatic carbocycles. The van der Waals surface area contributed by atoms with Crippen LogP contribution < -0.4 is 5.32 Å². The van der Waals surface area contributed by atoms with E-state index in [9.17, 15) is 9.59 Å². The van der Waals surface area contributed by atoms with Crippen LogP contribution in [0, 0.1) is 0 Å². The average Bonchev–Trinajstić information content (AvgIpc) is 3.13. The van der Waals surface area contributed by atoms with Gasteiger partial charge in [0, 0.05) is 22.0 Å². The van der Waals surface area contributed by atoms with Crippen LogP contribution in [-0.2, 0) is 9.53 Å². The normalized spacial score (nSPS) is 16.1. The summed E-state index contributed by atoms with van der Waals surface area (Å²) in [6, 6.07) is 7.46. The predicted molar refractivity (Wildman–Crippen MR) is 102 cm³/mol. The van der Waals surface area contributed by atoms with Crippen molar-refractivity contribution < 1.29 is 14.3 Å². The Morgan fingerprint density at radius 1 is 1.31 bits per heavy atom. The number of halogens is 1. The van der Waals surface area contributed by atoms with E-state index < -0.39 is 12.1 Å². The first-order valence-electron chi connectivity index (χ1n) is 8.76. The van der Waals surface area contributed by atoms with Crippen molar-refractivity contribution >= 4 is 34.8 Å². The van der Waals surface area contributed by atoms with Gasteiger partial charge in [0.05, 0.1) is 0 Å². The second-order valence-corrected chi connectivity index (χ2v) is 7.73. The Morgan fingerprint density at radius 2 is 2.08 bits per heavy atom. The molecule has 2 aromatic rings. The summed E-state index contributed by atoms with van der Waals surface area (Å²) in [7, 11) is 0. The third-order valence-corrected chi connectivity index (χ3v) is 5.52. The zero-order valence-corrected chi connectivity index (χ0v) is 16.1. The summed E-state index contributed by atoms with van der Waals surface area (Å²) in [5, 5.41) is 5.88. The number of hydrogen-bond acceptors (Lipinski definition) is 5. The number of thiazole rings is 1. The van der Waals surface area contributed by atoms with Gasteiger partial charge in [-0.2, -0.15) is 0 Å². The Balaban J connectivity index is 1.58. The average molecular weight is 393 g/mol. The van der Waals surface area contributed by atoms with Gasteiger partial charge in [-0.05, 0) is 31.9 Å². The molecule has 3 rings (SSSR count). The molecule has 1 heterocycles. The standard InChI is InChI=1S/C19H21ClN2O3S/c1-12(17(23)21-15-8-3-2-4-9-15)25-19(24)16-11-26-18(22-16)13-6-5-7-14(20)10-13/h5-7,10-12,15H,2-4,8-9H2,1H3,(H,21,23)/t12-/m1/s1. The lowest BCUT2D eigenvalue weighted by molar-refractivity contribution is -0.130. The SMILES string of the molecule is C[C@@H](OC(=O)c1csc(-c2cccc(Cl)c2)n1)C(=O)NC1CCCCC1. The van der Waals surface area contributed by atoms with Gasteiger partial charge in [0.1, 0.15) is 5.01 Å². The van der Waals surface area contributed by atoms with Crippen LogP contribution in [0.1, 0.15) is 49.5 Å². The van der Waals surface area contributed by atoms with Crippen molar-refractivity contribution in [2.45, 2.75) is 51.2 Å².